The van der Waals surface area contributed by atoms with E-state index in [4.69, 9.17) is 11.6 Å². The van der Waals surface area contributed by atoms with Gasteiger partial charge >= 0.3 is 0 Å². The molecular weight excluding hydrogens is 166 g/mol. The summed E-state index contributed by atoms with van der Waals surface area (Å²) >= 11 is 0. The molecule has 0 rings (SSSR count). The molecule has 0 aliphatic rings. The van der Waals surface area contributed by atoms with E-state index in [-0.39, 0.29) is 5.96 Å². The highest BCUT2D eigenvalue weighted by Gasteiger charge is 2.04. The van der Waals surface area contributed by atoms with E-state index < -0.39 is 0 Å². The zero-order chi connectivity index (χ0) is 10.3. The molecule has 0 fully saturated rings. The number of aliphatic imine (C=N–C) groups is 1. The van der Waals surface area contributed by atoms with E-state index in [9.17, 15) is 0 Å². The summed E-state index contributed by atoms with van der Waals surface area (Å²) in [5.74, 6) is 5.34. The van der Waals surface area contributed by atoms with E-state index in [0.717, 1.165) is 13.0 Å². The minimum Gasteiger partial charge on any atom is -0.369 e. The molecular formula is C8H21N5. The van der Waals surface area contributed by atoms with Crippen molar-refractivity contribution in [2.24, 2.45) is 16.6 Å². The number of likely N-dealkylation sites (N-methyl/N-ethyl adjacent to an activating group) is 1. The highest BCUT2D eigenvalue weighted by Crippen LogP contribution is 1.98. The van der Waals surface area contributed by atoms with Gasteiger partial charge in [-0.2, -0.15) is 0 Å². The Balaban J connectivity index is 3.64. The van der Waals surface area contributed by atoms with E-state index >= 15 is 0 Å². The third kappa shape index (κ3) is 5.43. The molecule has 0 amide bonds. The third-order valence-electron chi connectivity index (χ3n) is 2.23. The lowest BCUT2D eigenvalue weighted by atomic mass is 10.2. The van der Waals surface area contributed by atoms with Crippen LogP contribution in [0.25, 0.3) is 0 Å². The Morgan fingerprint density at radius 1 is 1.62 bits per heavy atom. The molecule has 1 unspecified atom stereocenters. The van der Waals surface area contributed by atoms with Gasteiger partial charge in [0.15, 0.2) is 0 Å². The molecule has 0 saturated carbocycles. The molecule has 13 heavy (non-hydrogen) atoms. The lowest BCUT2D eigenvalue weighted by molar-refractivity contribution is 0.259. The first-order valence-corrected chi connectivity index (χ1v) is 4.58. The summed E-state index contributed by atoms with van der Waals surface area (Å²) in [6, 6.07) is 0.585. The molecule has 0 spiro atoms. The summed E-state index contributed by atoms with van der Waals surface area (Å²) < 4.78 is 0. The van der Waals surface area contributed by atoms with Crippen LogP contribution < -0.4 is 17.0 Å². The summed E-state index contributed by atoms with van der Waals surface area (Å²) in [6.07, 6.45) is 1.14. The van der Waals surface area contributed by atoms with Crippen molar-refractivity contribution in [3.05, 3.63) is 0 Å². The van der Waals surface area contributed by atoms with Gasteiger partial charge in [-0.05, 0) is 20.4 Å². The molecule has 0 bridgehead atoms. The molecule has 0 aliphatic heterocycles. The monoisotopic (exact) mass is 187 g/mol. The molecule has 0 aromatic rings. The SMILES string of the molecule is CCC(C)N(C)CCN=C(N)NN. The van der Waals surface area contributed by atoms with Gasteiger partial charge in [0.05, 0.1) is 6.54 Å². The minimum absolute atomic E-state index is 0.289. The molecule has 5 nitrogen and oxygen atoms in total. The zero-order valence-electron chi connectivity index (χ0n) is 8.75. The number of hydrogen-bond donors (Lipinski definition) is 3. The number of nitrogens with zero attached hydrogens (tertiary/aromatic N) is 2. The van der Waals surface area contributed by atoms with Crippen molar-refractivity contribution in [1.29, 1.82) is 0 Å². The molecule has 5 heteroatoms. The first kappa shape index (κ1) is 12.2. The smallest absolute Gasteiger partial charge is 0.203 e. The summed E-state index contributed by atoms with van der Waals surface area (Å²) in [5.41, 5.74) is 7.65. The summed E-state index contributed by atoms with van der Waals surface area (Å²) in [7, 11) is 2.08. The Bertz CT molecular complexity index is 157. The van der Waals surface area contributed by atoms with Crippen molar-refractivity contribution >= 4 is 5.96 Å². The second kappa shape index (κ2) is 6.68. The quantitative estimate of drug-likeness (QED) is 0.234. The van der Waals surface area contributed by atoms with Crippen molar-refractivity contribution in [2.45, 2.75) is 26.3 Å². The van der Waals surface area contributed by atoms with Crippen molar-refractivity contribution in [1.82, 2.24) is 10.3 Å². The maximum absolute atomic E-state index is 5.36. The van der Waals surface area contributed by atoms with Crippen LogP contribution in [0.3, 0.4) is 0 Å². The summed E-state index contributed by atoms with van der Waals surface area (Å²) in [4.78, 5) is 6.26. The van der Waals surface area contributed by atoms with Gasteiger partial charge in [-0.1, -0.05) is 6.92 Å². The highest BCUT2D eigenvalue weighted by molar-refractivity contribution is 5.77. The normalized spacial score (nSPS) is 14.7. The number of nitrogens with two attached hydrogens (primary N) is 2. The van der Waals surface area contributed by atoms with Gasteiger partial charge in [-0.3, -0.25) is 10.4 Å². The Morgan fingerprint density at radius 3 is 2.69 bits per heavy atom. The van der Waals surface area contributed by atoms with Crippen LogP contribution in [0.15, 0.2) is 4.99 Å². The molecule has 0 saturated heterocycles. The number of hydrazine groups is 1. The van der Waals surface area contributed by atoms with E-state index in [1.165, 1.54) is 0 Å². The average Bonchev–Trinajstić information content (AvgIpc) is 2.15. The second-order valence-electron chi connectivity index (χ2n) is 3.15. The van der Waals surface area contributed by atoms with Crippen LogP contribution in [0.1, 0.15) is 20.3 Å². The lowest BCUT2D eigenvalue weighted by Crippen LogP contribution is -2.38. The molecule has 1 atom stereocenters. The predicted molar refractivity (Wildman–Crippen MR) is 56.2 cm³/mol. The lowest BCUT2D eigenvalue weighted by Gasteiger charge is -2.22. The van der Waals surface area contributed by atoms with E-state index in [1.807, 2.05) is 0 Å². The Hall–Kier alpha value is -0.810. The van der Waals surface area contributed by atoms with E-state index in [1.54, 1.807) is 0 Å². The number of guanidine groups is 1. The van der Waals surface area contributed by atoms with Gasteiger partial charge < -0.3 is 10.6 Å². The Morgan fingerprint density at radius 2 is 2.23 bits per heavy atom. The summed E-state index contributed by atoms with van der Waals surface area (Å²) in [5, 5.41) is 0. The van der Waals surface area contributed by atoms with Gasteiger partial charge in [-0.15, -0.1) is 0 Å². The first-order chi connectivity index (χ1) is 6.11. The molecule has 0 aliphatic carbocycles. The van der Waals surface area contributed by atoms with Gasteiger partial charge in [0.25, 0.3) is 0 Å². The topological polar surface area (TPSA) is 79.7 Å². The van der Waals surface area contributed by atoms with Gasteiger partial charge in [0, 0.05) is 12.6 Å². The summed E-state index contributed by atoms with van der Waals surface area (Å²) in [6.45, 7) is 5.93. The Kier molecular flexibility index (Phi) is 6.26. The van der Waals surface area contributed by atoms with E-state index in [0.29, 0.717) is 12.6 Å². The number of hydrogen-bond acceptors (Lipinski definition) is 3. The average molecular weight is 187 g/mol. The number of rotatable bonds is 5. The standard InChI is InChI=1S/C8H21N5/c1-4-7(2)13(3)6-5-11-8(9)12-10/h7H,4-6,10H2,1-3H3,(H3,9,11,12). The number of nitrogens with one attached hydrogen (secondary N) is 1. The maximum atomic E-state index is 5.36. The molecule has 0 heterocycles. The van der Waals surface area contributed by atoms with Crippen LogP contribution in [-0.2, 0) is 0 Å². The zero-order valence-corrected chi connectivity index (χ0v) is 8.75. The first-order valence-electron chi connectivity index (χ1n) is 4.58. The van der Waals surface area contributed by atoms with Crippen molar-refractivity contribution in [2.75, 3.05) is 20.1 Å². The van der Waals surface area contributed by atoms with Crippen molar-refractivity contribution in [3.63, 3.8) is 0 Å². The molecule has 5 N–H and O–H groups in total. The van der Waals surface area contributed by atoms with Gasteiger partial charge in [0.2, 0.25) is 5.96 Å². The molecule has 0 aromatic heterocycles. The maximum Gasteiger partial charge on any atom is 0.203 e. The second-order valence-corrected chi connectivity index (χ2v) is 3.15. The largest absolute Gasteiger partial charge is 0.369 e. The fourth-order valence-corrected chi connectivity index (χ4v) is 0.906. The van der Waals surface area contributed by atoms with Crippen LogP contribution >= 0.6 is 0 Å². The fourth-order valence-electron chi connectivity index (χ4n) is 0.906. The fraction of sp³-hybridized carbons (Fsp3) is 0.875. The van der Waals surface area contributed by atoms with Crippen molar-refractivity contribution < 1.29 is 0 Å². The Labute approximate surface area is 80.1 Å². The van der Waals surface area contributed by atoms with E-state index in [2.05, 4.69) is 36.2 Å². The highest BCUT2D eigenvalue weighted by atomic mass is 15.3. The minimum atomic E-state index is 0.289. The third-order valence-corrected chi connectivity index (χ3v) is 2.23. The molecule has 0 radical (unpaired) electrons. The van der Waals surface area contributed by atoms with Crippen LogP contribution in [0.4, 0.5) is 0 Å². The van der Waals surface area contributed by atoms with Crippen LogP contribution in [0.2, 0.25) is 0 Å². The molecule has 0 aromatic carbocycles. The van der Waals surface area contributed by atoms with Gasteiger partial charge in [-0.25, -0.2) is 5.84 Å². The van der Waals surface area contributed by atoms with Crippen LogP contribution in [0, 0.1) is 0 Å². The van der Waals surface area contributed by atoms with Crippen molar-refractivity contribution in [3.8, 4) is 0 Å². The molecule has 78 valence electrons. The van der Waals surface area contributed by atoms with Crippen LogP contribution in [-0.4, -0.2) is 37.0 Å². The predicted octanol–water partition coefficient (Wildman–Crippen LogP) is -0.505. The van der Waals surface area contributed by atoms with Gasteiger partial charge in [0.1, 0.15) is 0 Å². The van der Waals surface area contributed by atoms with Crippen LogP contribution in [0.5, 0.6) is 0 Å².